The Morgan fingerprint density at radius 1 is 1.30 bits per heavy atom. The van der Waals surface area contributed by atoms with Crippen molar-refractivity contribution in [2.45, 2.75) is 19.3 Å². The van der Waals surface area contributed by atoms with Gasteiger partial charge < -0.3 is 15.8 Å². The van der Waals surface area contributed by atoms with Crippen LogP contribution in [0, 0.1) is 5.92 Å². The fourth-order valence-corrected chi connectivity index (χ4v) is 2.38. The molecule has 1 saturated heterocycles. The molecule has 0 atom stereocenters. The summed E-state index contributed by atoms with van der Waals surface area (Å²) in [5.41, 5.74) is 7.33. The summed E-state index contributed by atoms with van der Waals surface area (Å²) >= 11 is 4.90. The second-order valence-electron chi connectivity index (χ2n) is 5.10. The summed E-state index contributed by atoms with van der Waals surface area (Å²) in [6, 6.07) is 7.48. The van der Waals surface area contributed by atoms with Gasteiger partial charge in [0.2, 0.25) is 5.91 Å². The molecule has 5 heteroatoms. The van der Waals surface area contributed by atoms with Crippen LogP contribution in [0.2, 0.25) is 0 Å². The first-order chi connectivity index (χ1) is 9.65. The molecule has 1 aliphatic heterocycles. The van der Waals surface area contributed by atoms with E-state index in [1.54, 1.807) is 0 Å². The molecule has 108 valence electrons. The van der Waals surface area contributed by atoms with E-state index in [1.807, 2.05) is 24.3 Å². The maximum absolute atomic E-state index is 11.9. The summed E-state index contributed by atoms with van der Waals surface area (Å²) in [5, 5.41) is 2.99. The van der Waals surface area contributed by atoms with Gasteiger partial charge in [-0.15, -0.1) is 0 Å². The number of nitrogens with two attached hydrogens (primary N) is 1. The van der Waals surface area contributed by atoms with Crippen LogP contribution >= 0.6 is 12.2 Å². The molecule has 0 unspecified atom stereocenters. The quantitative estimate of drug-likeness (QED) is 0.805. The number of rotatable bonds is 5. The van der Waals surface area contributed by atoms with Crippen LogP contribution in [-0.2, 0) is 16.0 Å². The van der Waals surface area contributed by atoms with E-state index in [9.17, 15) is 4.79 Å². The molecule has 0 aromatic heterocycles. The van der Waals surface area contributed by atoms with E-state index >= 15 is 0 Å². The van der Waals surface area contributed by atoms with Crippen LogP contribution in [0.5, 0.6) is 0 Å². The van der Waals surface area contributed by atoms with Crippen molar-refractivity contribution in [3.8, 4) is 0 Å². The molecule has 0 saturated carbocycles. The minimum atomic E-state index is 0.0552. The molecule has 1 aromatic rings. The van der Waals surface area contributed by atoms with Crippen molar-refractivity contribution in [1.29, 1.82) is 0 Å². The monoisotopic (exact) mass is 292 g/mol. The third-order valence-electron chi connectivity index (χ3n) is 3.53. The Hall–Kier alpha value is -1.46. The number of hydrogen-bond donors (Lipinski definition) is 2. The average molecular weight is 292 g/mol. The molecule has 1 heterocycles. The fraction of sp³-hybridized carbons (Fsp3) is 0.467. The van der Waals surface area contributed by atoms with Gasteiger partial charge in [-0.1, -0.05) is 36.5 Å². The number of thiocarbonyl (C=S) groups is 1. The third kappa shape index (κ3) is 4.58. The highest BCUT2D eigenvalue weighted by Gasteiger charge is 2.14. The van der Waals surface area contributed by atoms with E-state index in [0.29, 0.717) is 17.3 Å². The molecule has 0 bridgehead atoms. The van der Waals surface area contributed by atoms with Gasteiger partial charge in [-0.2, -0.15) is 0 Å². The van der Waals surface area contributed by atoms with Gasteiger partial charge in [0, 0.05) is 25.3 Å². The van der Waals surface area contributed by atoms with Gasteiger partial charge in [-0.05, 0) is 24.3 Å². The van der Waals surface area contributed by atoms with E-state index in [0.717, 1.165) is 43.7 Å². The van der Waals surface area contributed by atoms with Gasteiger partial charge in [0.15, 0.2) is 0 Å². The minimum absolute atomic E-state index is 0.0552. The highest BCUT2D eigenvalue weighted by molar-refractivity contribution is 7.80. The van der Waals surface area contributed by atoms with Crippen LogP contribution in [0.3, 0.4) is 0 Å². The number of nitrogens with one attached hydrogen (secondary N) is 1. The lowest BCUT2D eigenvalue weighted by Gasteiger charge is -2.22. The summed E-state index contributed by atoms with van der Waals surface area (Å²) in [6.45, 7) is 2.36. The first-order valence-electron chi connectivity index (χ1n) is 6.88. The van der Waals surface area contributed by atoms with Crippen molar-refractivity contribution in [1.82, 2.24) is 5.32 Å². The minimum Gasteiger partial charge on any atom is -0.389 e. The zero-order valence-electron chi connectivity index (χ0n) is 11.4. The first kappa shape index (κ1) is 14.9. The standard InChI is InChI=1S/C15H20N2O2S/c16-15(20)13-3-1-11(2-4-13)9-14(18)17-10-12-5-7-19-8-6-12/h1-4,12H,5-10H2,(H2,16,20)(H,17,18). The van der Waals surface area contributed by atoms with E-state index in [2.05, 4.69) is 5.32 Å². The SMILES string of the molecule is NC(=S)c1ccc(CC(=O)NCC2CCOCC2)cc1. The Labute approximate surface area is 124 Å². The highest BCUT2D eigenvalue weighted by Crippen LogP contribution is 2.13. The van der Waals surface area contributed by atoms with Crippen molar-refractivity contribution in [3.05, 3.63) is 35.4 Å². The Kier molecular flexibility index (Phi) is 5.49. The van der Waals surface area contributed by atoms with E-state index < -0.39 is 0 Å². The second-order valence-corrected chi connectivity index (χ2v) is 5.54. The Bertz CT molecular complexity index is 467. The third-order valence-corrected chi connectivity index (χ3v) is 3.77. The highest BCUT2D eigenvalue weighted by atomic mass is 32.1. The molecule has 2 rings (SSSR count). The van der Waals surface area contributed by atoms with Crippen LogP contribution in [-0.4, -0.2) is 30.7 Å². The molecule has 0 spiro atoms. The van der Waals surface area contributed by atoms with Gasteiger partial charge in [0.25, 0.3) is 0 Å². The molecule has 1 fully saturated rings. The lowest BCUT2D eigenvalue weighted by atomic mass is 10.0. The lowest BCUT2D eigenvalue weighted by molar-refractivity contribution is -0.120. The van der Waals surface area contributed by atoms with Crippen molar-refractivity contribution < 1.29 is 9.53 Å². The number of carbonyl (C=O) groups excluding carboxylic acids is 1. The van der Waals surface area contributed by atoms with Crippen molar-refractivity contribution in [2.24, 2.45) is 11.7 Å². The predicted octanol–water partition coefficient (Wildman–Crippen LogP) is 1.41. The number of ether oxygens (including phenoxy) is 1. The summed E-state index contributed by atoms with van der Waals surface area (Å²) in [6.07, 6.45) is 2.45. The fourth-order valence-electron chi connectivity index (χ4n) is 2.24. The predicted molar refractivity (Wildman–Crippen MR) is 82.6 cm³/mol. The molecule has 0 radical (unpaired) electrons. The number of benzene rings is 1. The summed E-state index contributed by atoms with van der Waals surface area (Å²) < 4.78 is 5.30. The van der Waals surface area contributed by atoms with Crippen molar-refractivity contribution >= 4 is 23.1 Å². The second kappa shape index (κ2) is 7.36. The molecule has 3 N–H and O–H groups in total. The number of amides is 1. The molecular formula is C15H20N2O2S. The normalized spacial score (nSPS) is 15.8. The summed E-state index contributed by atoms with van der Waals surface area (Å²) in [4.78, 5) is 12.3. The molecule has 4 nitrogen and oxygen atoms in total. The Morgan fingerprint density at radius 3 is 2.55 bits per heavy atom. The van der Waals surface area contributed by atoms with Crippen molar-refractivity contribution in [2.75, 3.05) is 19.8 Å². The zero-order valence-corrected chi connectivity index (χ0v) is 12.2. The van der Waals surface area contributed by atoms with Gasteiger partial charge >= 0.3 is 0 Å². The van der Waals surface area contributed by atoms with Gasteiger partial charge in [-0.3, -0.25) is 4.79 Å². The smallest absolute Gasteiger partial charge is 0.224 e. The Balaban J connectivity index is 1.77. The maximum atomic E-state index is 11.9. The van der Waals surface area contributed by atoms with Gasteiger partial charge in [0.1, 0.15) is 4.99 Å². The topological polar surface area (TPSA) is 64.4 Å². The summed E-state index contributed by atoms with van der Waals surface area (Å²) in [7, 11) is 0. The van der Waals surface area contributed by atoms with Gasteiger partial charge in [-0.25, -0.2) is 0 Å². The molecule has 20 heavy (non-hydrogen) atoms. The number of hydrogen-bond acceptors (Lipinski definition) is 3. The van der Waals surface area contributed by atoms with Crippen LogP contribution in [0.4, 0.5) is 0 Å². The van der Waals surface area contributed by atoms with Crippen LogP contribution in [0.15, 0.2) is 24.3 Å². The molecule has 1 aliphatic rings. The zero-order chi connectivity index (χ0) is 14.4. The first-order valence-corrected chi connectivity index (χ1v) is 7.29. The lowest BCUT2D eigenvalue weighted by Crippen LogP contribution is -2.33. The van der Waals surface area contributed by atoms with E-state index in [1.165, 1.54) is 0 Å². The Morgan fingerprint density at radius 2 is 1.95 bits per heavy atom. The van der Waals surface area contributed by atoms with Crippen molar-refractivity contribution in [3.63, 3.8) is 0 Å². The van der Waals surface area contributed by atoms with Gasteiger partial charge in [0.05, 0.1) is 6.42 Å². The average Bonchev–Trinajstić information content (AvgIpc) is 2.47. The van der Waals surface area contributed by atoms with E-state index in [-0.39, 0.29) is 5.91 Å². The van der Waals surface area contributed by atoms with Crippen LogP contribution < -0.4 is 11.1 Å². The molecular weight excluding hydrogens is 272 g/mol. The number of carbonyl (C=O) groups is 1. The largest absolute Gasteiger partial charge is 0.389 e. The van der Waals surface area contributed by atoms with E-state index in [4.69, 9.17) is 22.7 Å². The summed E-state index contributed by atoms with van der Waals surface area (Å²) in [5.74, 6) is 0.601. The molecule has 1 aromatic carbocycles. The van der Waals surface area contributed by atoms with Crippen LogP contribution in [0.25, 0.3) is 0 Å². The maximum Gasteiger partial charge on any atom is 0.224 e. The molecule has 1 amide bonds. The van der Waals surface area contributed by atoms with Crippen LogP contribution in [0.1, 0.15) is 24.0 Å². The molecule has 0 aliphatic carbocycles.